The zero-order chi connectivity index (χ0) is 72.6. The van der Waals surface area contributed by atoms with Crippen LogP contribution in [0.15, 0.2) is 11.6 Å². The fourth-order valence-electron chi connectivity index (χ4n) is 19.5. The van der Waals surface area contributed by atoms with Crippen molar-refractivity contribution in [3.8, 4) is 0 Å². The molecule has 7 heterocycles. The molecule has 33 heteroatoms. The number of aliphatic hydroxyl groups excluding tert-OH is 16. The second-order valence-corrected chi connectivity index (χ2v) is 32.5. The molecule has 38 atom stereocenters. The maximum absolute atomic E-state index is 15.7. The fraction of sp³-hybridized carbons (Fsp3) is 0.940. The van der Waals surface area contributed by atoms with E-state index in [0.717, 1.165) is 18.4 Å². The highest BCUT2D eigenvalue weighted by molar-refractivity contribution is 5.79. The number of carbonyl (C=O) groups is 2. The van der Waals surface area contributed by atoms with Gasteiger partial charge >= 0.3 is 11.9 Å². The summed E-state index contributed by atoms with van der Waals surface area (Å²) in [5.74, 6) is -2.37. The molecule has 7 saturated heterocycles. The maximum atomic E-state index is 15.7. The molecule has 7 aliphatic heterocycles. The SMILES string of the molecule is CC1OC(OC2C(OC(=O)[C@]34CCC(C)(C)C[C@H]3C3=CC[C@@H]5[C@@]6(C)CC[C@H](OC7OC(C(=O)O)C(O)C(OC8OCC(O)C(O)C8O)C7O)C(C)(C)[C@@H]6CC[C@@]5(C)[C@]3(C)CC4)OCC(O)C2O)C(O)C(OC2OCC(O)C(O)C2O)C1OC1OCC(O)C(OC2OCC(O)C(O)C2O)C1O. The minimum Gasteiger partial charge on any atom is -0.479 e. The number of hydrogen-bond acceptors (Lipinski definition) is 32. The molecule has 0 amide bonds. The normalized spacial score (nSPS) is 54.1. The van der Waals surface area contributed by atoms with Crippen LogP contribution in [0.2, 0.25) is 0 Å². The van der Waals surface area contributed by atoms with Crippen molar-refractivity contribution in [3.05, 3.63) is 11.6 Å². The fourth-order valence-corrected chi connectivity index (χ4v) is 19.5. The van der Waals surface area contributed by atoms with Crippen molar-refractivity contribution in [1.82, 2.24) is 0 Å². The Hall–Kier alpha value is -2.48. The summed E-state index contributed by atoms with van der Waals surface area (Å²) in [6.45, 7) is 14.5. The summed E-state index contributed by atoms with van der Waals surface area (Å²) in [4.78, 5) is 28.3. The number of aliphatic hydroxyl groups is 16. The van der Waals surface area contributed by atoms with Crippen molar-refractivity contribution < 1.29 is 163 Å². The van der Waals surface area contributed by atoms with Crippen LogP contribution in [0, 0.1) is 50.2 Å². The average molecular weight is 1440 g/mol. The van der Waals surface area contributed by atoms with Crippen LogP contribution >= 0.6 is 0 Å². The number of fused-ring (bicyclic) bond motifs is 7. The lowest BCUT2D eigenvalue weighted by Gasteiger charge is -2.71. The van der Waals surface area contributed by atoms with Gasteiger partial charge < -0.3 is 153 Å². The highest BCUT2D eigenvalue weighted by atomic mass is 16.8. The van der Waals surface area contributed by atoms with Crippen molar-refractivity contribution in [2.75, 3.05) is 33.0 Å². The Balaban J connectivity index is 0.760. The Morgan fingerprint density at radius 2 is 0.910 bits per heavy atom. The molecule has 30 unspecified atom stereocenters. The number of hydrogen-bond donors (Lipinski definition) is 17. The molecular weight excluding hydrogens is 1330 g/mol. The van der Waals surface area contributed by atoms with E-state index < -0.39 is 252 Å². The van der Waals surface area contributed by atoms with E-state index in [0.29, 0.717) is 51.4 Å². The molecule has 11 fully saturated rings. The first kappa shape index (κ1) is 77.1. The number of carboxylic acid groups (broad SMARTS) is 1. The molecule has 17 N–H and O–H groups in total. The molecular formula is C67H106O33. The van der Waals surface area contributed by atoms with Gasteiger partial charge in [0.1, 0.15) is 122 Å². The number of allylic oxidation sites excluding steroid dienone is 2. The number of aliphatic carboxylic acids is 1. The van der Waals surface area contributed by atoms with Gasteiger partial charge in [-0.05, 0) is 116 Å². The molecule has 0 bridgehead atoms. The van der Waals surface area contributed by atoms with E-state index in [1.165, 1.54) is 6.92 Å². The van der Waals surface area contributed by atoms with Gasteiger partial charge in [0, 0.05) is 0 Å². The average Bonchev–Trinajstić information content (AvgIpc) is 0.675. The molecule has 4 saturated carbocycles. The zero-order valence-corrected chi connectivity index (χ0v) is 57.4. The van der Waals surface area contributed by atoms with Gasteiger partial charge in [-0.1, -0.05) is 60.1 Å². The van der Waals surface area contributed by atoms with Gasteiger partial charge in [-0.15, -0.1) is 0 Å². The number of esters is 1. The number of carbonyl (C=O) groups excluding carboxylic acids is 1. The van der Waals surface area contributed by atoms with Crippen LogP contribution in [-0.4, -0.2) is 322 Å². The topological polar surface area (TPSA) is 507 Å². The van der Waals surface area contributed by atoms with Gasteiger partial charge in [-0.3, -0.25) is 4.79 Å². The van der Waals surface area contributed by atoms with Gasteiger partial charge in [-0.2, -0.15) is 0 Å². The third-order valence-electron chi connectivity index (χ3n) is 25.7. The Bertz CT molecular complexity index is 2890. The van der Waals surface area contributed by atoms with E-state index in [1.54, 1.807) is 0 Å². The lowest BCUT2D eigenvalue weighted by Crippen LogP contribution is -2.67. The van der Waals surface area contributed by atoms with Gasteiger partial charge in [0.25, 0.3) is 0 Å². The monoisotopic (exact) mass is 1440 g/mol. The highest BCUT2D eigenvalue weighted by Crippen LogP contribution is 2.76. The molecule has 5 aliphatic carbocycles. The molecule has 33 nitrogen and oxygen atoms in total. The van der Waals surface area contributed by atoms with E-state index in [-0.39, 0.29) is 34.0 Å². The largest absolute Gasteiger partial charge is 0.479 e. The molecule has 0 aromatic heterocycles. The van der Waals surface area contributed by atoms with Crippen LogP contribution < -0.4 is 0 Å². The molecule has 100 heavy (non-hydrogen) atoms. The summed E-state index contributed by atoms with van der Waals surface area (Å²) in [5, 5.41) is 185. The molecule has 0 aromatic carbocycles. The predicted molar refractivity (Wildman–Crippen MR) is 330 cm³/mol. The third kappa shape index (κ3) is 13.5. The maximum Gasteiger partial charge on any atom is 0.335 e. The Morgan fingerprint density at radius 1 is 0.440 bits per heavy atom. The lowest BCUT2D eigenvalue weighted by molar-refractivity contribution is -0.392. The van der Waals surface area contributed by atoms with Crippen molar-refractivity contribution >= 4 is 11.9 Å². The minimum atomic E-state index is -2.05. The second-order valence-electron chi connectivity index (χ2n) is 32.5. The number of rotatable bonds is 15. The van der Waals surface area contributed by atoms with Crippen molar-refractivity contribution in [2.24, 2.45) is 50.2 Å². The molecule has 12 rings (SSSR count). The summed E-state index contributed by atoms with van der Waals surface area (Å²) in [7, 11) is 0. The first-order valence-electron chi connectivity index (χ1n) is 35.2. The molecule has 0 spiro atoms. The predicted octanol–water partition coefficient (Wildman–Crippen LogP) is -4.25. The van der Waals surface area contributed by atoms with Gasteiger partial charge in [0.2, 0.25) is 6.29 Å². The van der Waals surface area contributed by atoms with Crippen LogP contribution in [0.3, 0.4) is 0 Å². The van der Waals surface area contributed by atoms with E-state index in [9.17, 15) is 91.6 Å². The summed E-state index contributed by atoms with van der Waals surface area (Å²) >= 11 is 0. The zero-order valence-electron chi connectivity index (χ0n) is 57.4. The Labute approximate surface area is 577 Å². The van der Waals surface area contributed by atoms with Crippen LogP contribution in [-0.2, 0) is 75.9 Å². The first-order chi connectivity index (χ1) is 46.9. The quantitative estimate of drug-likeness (QED) is 0.0419. The third-order valence-corrected chi connectivity index (χ3v) is 25.7. The van der Waals surface area contributed by atoms with E-state index in [4.69, 9.17) is 66.3 Å². The van der Waals surface area contributed by atoms with Gasteiger partial charge in [-0.25, -0.2) is 4.79 Å². The summed E-state index contributed by atoms with van der Waals surface area (Å²) in [6, 6.07) is 0. The number of carboxylic acids is 1. The molecule has 0 radical (unpaired) electrons. The van der Waals surface area contributed by atoms with Crippen LogP contribution in [0.5, 0.6) is 0 Å². The van der Waals surface area contributed by atoms with Crippen LogP contribution in [0.25, 0.3) is 0 Å². The van der Waals surface area contributed by atoms with E-state index in [2.05, 4.69) is 54.5 Å². The summed E-state index contributed by atoms with van der Waals surface area (Å²) in [5.41, 5.74) is -1.85. The van der Waals surface area contributed by atoms with Crippen molar-refractivity contribution in [1.29, 1.82) is 0 Å². The highest BCUT2D eigenvalue weighted by Gasteiger charge is 2.71. The van der Waals surface area contributed by atoms with E-state index in [1.807, 2.05) is 0 Å². The molecule has 572 valence electrons. The van der Waals surface area contributed by atoms with Crippen molar-refractivity contribution in [2.45, 2.75) is 310 Å². The standard InChI is InChI=1S/C67H106O33/c1-25-47(94-57-44(81)48(32(72)24-90-57)95-54-40(77)36(73)28(68)20-87-54)50(97-56-42(79)38(75)30(70)22-89-56)46(83)58(92-25)99-52-39(76)31(71)23-91-60(52)100-61(86)67-17-15-62(2,3)19-27(67)26-9-10-34-64(6)13-12-35(63(4,5)33(64)11-14-66(34,8)65(26,7)16-18-67)93-59-45(82)49(43(80)51(98-59)53(84)85)96-55-41(78)37(74)29(69)21-88-55/h9,25,27-52,54-60,68-83H,10-24H2,1-8H3,(H,84,85)/t25?,27-,28?,29?,30?,31?,32?,33-,34+,35-,36?,37?,38?,39?,40?,41?,42?,43?,44?,45?,46?,47?,48?,49?,50?,51?,52?,54?,55?,56?,57?,58?,59?,60?,64-,65+,66+,67-/m0/s1. The minimum absolute atomic E-state index is 0.0256. The van der Waals surface area contributed by atoms with Crippen molar-refractivity contribution in [3.63, 3.8) is 0 Å². The molecule has 12 aliphatic rings. The number of ether oxygens (including phenoxy) is 14. The Morgan fingerprint density at radius 3 is 1.49 bits per heavy atom. The van der Waals surface area contributed by atoms with Gasteiger partial charge in [0.15, 0.2) is 49.9 Å². The van der Waals surface area contributed by atoms with Crippen LogP contribution in [0.1, 0.15) is 120 Å². The lowest BCUT2D eigenvalue weighted by atomic mass is 9.33. The summed E-state index contributed by atoms with van der Waals surface area (Å²) in [6.07, 6.45) is -43.9. The second kappa shape index (κ2) is 28.9. The molecule has 0 aromatic rings. The summed E-state index contributed by atoms with van der Waals surface area (Å²) < 4.78 is 83.5. The smallest absolute Gasteiger partial charge is 0.335 e. The van der Waals surface area contributed by atoms with E-state index >= 15 is 4.79 Å². The van der Waals surface area contributed by atoms with Crippen LogP contribution in [0.4, 0.5) is 0 Å². The Kier molecular flexibility index (Phi) is 22.3. The first-order valence-corrected chi connectivity index (χ1v) is 35.2. The van der Waals surface area contributed by atoms with Gasteiger partial charge in [0.05, 0.1) is 50.7 Å².